The lowest BCUT2D eigenvalue weighted by molar-refractivity contribution is -0.122. The Morgan fingerprint density at radius 3 is 2.35 bits per heavy atom. The third-order valence-corrected chi connectivity index (χ3v) is 5.03. The molecule has 0 bridgehead atoms. The number of carbonyl (C=O) groups is 3. The number of carbonyl (C=O) groups excluding carboxylic acids is 3. The third kappa shape index (κ3) is 4.91. The van der Waals surface area contributed by atoms with E-state index in [1.165, 1.54) is 30.3 Å². The Morgan fingerprint density at radius 2 is 1.65 bits per heavy atom. The molecule has 1 heterocycles. The quantitative estimate of drug-likeness (QED) is 0.409. The summed E-state index contributed by atoms with van der Waals surface area (Å²) in [7, 11) is 0. The summed E-state index contributed by atoms with van der Waals surface area (Å²) >= 11 is 0. The van der Waals surface area contributed by atoms with Crippen LogP contribution in [0, 0.1) is 0 Å². The fourth-order valence-corrected chi connectivity index (χ4v) is 3.40. The standard InChI is InChI=1S/C26H22N2O6/c1-2-33-23-15-18(8-13-22(23)34-16-17-6-4-3-5-7-17)14-21-24(30)27-26(32)28(25(21)31)19-9-11-20(29)12-10-19/h3-15,29H,2,16H2,1H3,(H,27,30,32)/b21-14+. The normalized spacial score (nSPS) is 14.8. The highest BCUT2D eigenvalue weighted by molar-refractivity contribution is 6.39. The van der Waals surface area contributed by atoms with E-state index in [4.69, 9.17) is 9.47 Å². The van der Waals surface area contributed by atoms with Crippen molar-refractivity contribution in [2.75, 3.05) is 11.5 Å². The number of barbiturate groups is 1. The molecule has 8 heteroatoms. The number of phenols is 1. The summed E-state index contributed by atoms with van der Waals surface area (Å²) in [5.41, 5.74) is 1.53. The summed E-state index contributed by atoms with van der Waals surface area (Å²) < 4.78 is 11.6. The minimum absolute atomic E-state index is 0.0153. The van der Waals surface area contributed by atoms with Crippen LogP contribution in [-0.2, 0) is 16.2 Å². The molecule has 1 aliphatic heterocycles. The van der Waals surface area contributed by atoms with Crippen molar-refractivity contribution in [3.05, 3.63) is 89.5 Å². The Balaban J connectivity index is 1.61. The number of nitrogens with one attached hydrogen (secondary N) is 1. The zero-order valence-electron chi connectivity index (χ0n) is 18.4. The van der Waals surface area contributed by atoms with Crippen molar-refractivity contribution in [1.82, 2.24) is 5.32 Å². The van der Waals surface area contributed by atoms with Crippen molar-refractivity contribution in [3.63, 3.8) is 0 Å². The van der Waals surface area contributed by atoms with E-state index in [9.17, 15) is 19.5 Å². The van der Waals surface area contributed by atoms with E-state index >= 15 is 0 Å². The predicted octanol–water partition coefficient (Wildman–Crippen LogP) is 4.04. The Morgan fingerprint density at radius 1 is 0.912 bits per heavy atom. The first kappa shape index (κ1) is 22.6. The van der Waals surface area contributed by atoms with Crippen LogP contribution in [0.2, 0.25) is 0 Å². The molecule has 0 saturated carbocycles. The average Bonchev–Trinajstić information content (AvgIpc) is 2.83. The molecule has 172 valence electrons. The van der Waals surface area contributed by atoms with Gasteiger partial charge >= 0.3 is 6.03 Å². The molecule has 0 radical (unpaired) electrons. The number of benzene rings is 3. The zero-order valence-corrected chi connectivity index (χ0v) is 18.4. The number of hydrogen-bond donors (Lipinski definition) is 2. The van der Waals surface area contributed by atoms with Crippen LogP contribution >= 0.6 is 0 Å². The molecule has 4 rings (SSSR count). The van der Waals surface area contributed by atoms with Gasteiger partial charge in [0.2, 0.25) is 0 Å². The number of urea groups is 1. The summed E-state index contributed by atoms with van der Waals surface area (Å²) in [5, 5.41) is 11.7. The number of amides is 4. The fourth-order valence-electron chi connectivity index (χ4n) is 3.40. The summed E-state index contributed by atoms with van der Waals surface area (Å²) in [5.74, 6) is -0.608. The molecule has 0 aromatic heterocycles. The molecule has 0 spiro atoms. The van der Waals surface area contributed by atoms with Crippen molar-refractivity contribution >= 4 is 29.6 Å². The average molecular weight is 458 g/mol. The molecule has 2 N–H and O–H groups in total. The number of phenolic OH excluding ortho intramolecular Hbond substituents is 1. The second kappa shape index (κ2) is 9.91. The van der Waals surface area contributed by atoms with Crippen molar-refractivity contribution in [1.29, 1.82) is 0 Å². The summed E-state index contributed by atoms with van der Waals surface area (Å²) in [4.78, 5) is 38.6. The van der Waals surface area contributed by atoms with E-state index < -0.39 is 17.8 Å². The highest BCUT2D eigenvalue weighted by Crippen LogP contribution is 2.31. The summed E-state index contributed by atoms with van der Waals surface area (Å²) in [6.07, 6.45) is 1.39. The van der Waals surface area contributed by atoms with Crippen LogP contribution in [0.4, 0.5) is 10.5 Å². The Bertz CT molecular complexity index is 1250. The van der Waals surface area contributed by atoms with Gasteiger partial charge < -0.3 is 14.6 Å². The summed E-state index contributed by atoms with van der Waals surface area (Å²) in [6.45, 7) is 2.58. The molecule has 34 heavy (non-hydrogen) atoms. The van der Waals surface area contributed by atoms with Gasteiger partial charge in [-0.15, -0.1) is 0 Å². The zero-order chi connectivity index (χ0) is 24.1. The number of ether oxygens (including phenoxy) is 2. The lowest BCUT2D eigenvalue weighted by atomic mass is 10.1. The van der Waals surface area contributed by atoms with Crippen molar-refractivity contribution < 1.29 is 29.0 Å². The number of nitrogens with zero attached hydrogens (tertiary/aromatic N) is 1. The summed E-state index contributed by atoms with van der Waals surface area (Å²) in [6, 6.07) is 19.4. The van der Waals surface area contributed by atoms with Gasteiger partial charge in [-0.05, 0) is 60.5 Å². The van der Waals surface area contributed by atoms with Gasteiger partial charge in [0.1, 0.15) is 17.9 Å². The van der Waals surface area contributed by atoms with Crippen molar-refractivity contribution in [2.45, 2.75) is 13.5 Å². The Hall–Kier alpha value is -4.59. The van der Waals surface area contributed by atoms with Crippen molar-refractivity contribution in [2.24, 2.45) is 0 Å². The van der Waals surface area contributed by atoms with Gasteiger partial charge in [0.15, 0.2) is 11.5 Å². The van der Waals surface area contributed by atoms with Gasteiger partial charge in [-0.3, -0.25) is 14.9 Å². The lowest BCUT2D eigenvalue weighted by Gasteiger charge is -2.26. The van der Waals surface area contributed by atoms with E-state index in [0.717, 1.165) is 10.5 Å². The van der Waals surface area contributed by atoms with E-state index in [-0.39, 0.29) is 17.0 Å². The first-order chi connectivity index (χ1) is 16.5. The van der Waals surface area contributed by atoms with Crippen molar-refractivity contribution in [3.8, 4) is 17.2 Å². The third-order valence-electron chi connectivity index (χ3n) is 5.03. The van der Waals surface area contributed by atoms with E-state index in [0.29, 0.717) is 30.3 Å². The predicted molar refractivity (Wildman–Crippen MR) is 125 cm³/mol. The van der Waals surface area contributed by atoms with Crippen LogP contribution < -0.4 is 19.7 Å². The first-order valence-corrected chi connectivity index (χ1v) is 10.6. The Kier molecular flexibility index (Phi) is 6.59. The van der Waals surface area contributed by atoms with Crippen LogP contribution in [0.5, 0.6) is 17.2 Å². The molecule has 0 atom stereocenters. The van der Waals surface area contributed by atoms with Crippen LogP contribution in [-0.4, -0.2) is 29.6 Å². The van der Waals surface area contributed by atoms with Crippen LogP contribution in [0.15, 0.2) is 78.4 Å². The fraction of sp³-hybridized carbons (Fsp3) is 0.115. The number of imide groups is 2. The SMILES string of the molecule is CCOc1cc(/C=C2\C(=O)NC(=O)N(c3ccc(O)cc3)C2=O)ccc1OCc1ccccc1. The topological polar surface area (TPSA) is 105 Å². The number of rotatable bonds is 7. The van der Waals surface area contributed by atoms with Gasteiger partial charge in [-0.2, -0.15) is 0 Å². The van der Waals surface area contributed by atoms with Gasteiger partial charge in [-0.1, -0.05) is 36.4 Å². The maximum atomic E-state index is 13.0. The first-order valence-electron chi connectivity index (χ1n) is 10.6. The second-order valence-electron chi connectivity index (χ2n) is 7.39. The van der Waals surface area contributed by atoms with Gasteiger partial charge in [0.25, 0.3) is 11.8 Å². The molecule has 1 saturated heterocycles. The van der Waals surface area contributed by atoms with Gasteiger partial charge in [0.05, 0.1) is 12.3 Å². The highest BCUT2D eigenvalue weighted by Gasteiger charge is 2.36. The number of anilines is 1. The molecule has 3 aromatic rings. The molecule has 0 unspecified atom stereocenters. The molecule has 3 aromatic carbocycles. The number of hydrogen-bond acceptors (Lipinski definition) is 6. The molecule has 4 amide bonds. The van der Waals surface area contributed by atoms with Crippen LogP contribution in [0.25, 0.3) is 6.08 Å². The highest BCUT2D eigenvalue weighted by atomic mass is 16.5. The monoisotopic (exact) mass is 458 g/mol. The van der Waals surface area contributed by atoms with E-state index in [2.05, 4.69) is 5.32 Å². The second-order valence-corrected chi connectivity index (χ2v) is 7.39. The molecule has 0 aliphatic carbocycles. The molecule has 1 fully saturated rings. The molecule has 1 aliphatic rings. The minimum atomic E-state index is -0.863. The Labute approximate surface area is 196 Å². The van der Waals surface area contributed by atoms with Crippen LogP contribution in [0.1, 0.15) is 18.1 Å². The number of aromatic hydroxyl groups is 1. The molecular formula is C26H22N2O6. The van der Waals surface area contributed by atoms with Gasteiger partial charge in [0, 0.05) is 0 Å². The maximum Gasteiger partial charge on any atom is 0.335 e. The molecule has 8 nitrogen and oxygen atoms in total. The van der Waals surface area contributed by atoms with Crippen LogP contribution in [0.3, 0.4) is 0 Å². The smallest absolute Gasteiger partial charge is 0.335 e. The minimum Gasteiger partial charge on any atom is -0.508 e. The van der Waals surface area contributed by atoms with E-state index in [1.54, 1.807) is 18.2 Å². The maximum absolute atomic E-state index is 13.0. The largest absolute Gasteiger partial charge is 0.508 e. The van der Waals surface area contributed by atoms with Gasteiger partial charge in [-0.25, -0.2) is 9.69 Å². The van der Waals surface area contributed by atoms with E-state index in [1.807, 2.05) is 37.3 Å². The molecular weight excluding hydrogens is 436 g/mol. The lowest BCUT2D eigenvalue weighted by Crippen LogP contribution is -2.54.